The molecule has 40 heavy (non-hydrogen) atoms. The zero-order valence-corrected chi connectivity index (χ0v) is 24.5. The van der Waals surface area contributed by atoms with Crippen LogP contribution in [0.3, 0.4) is 0 Å². The van der Waals surface area contributed by atoms with Crippen molar-refractivity contribution in [1.82, 2.24) is 9.47 Å². The third kappa shape index (κ3) is 5.15. The highest BCUT2D eigenvalue weighted by atomic mass is 32.2. The van der Waals surface area contributed by atoms with Crippen LogP contribution in [0.5, 0.6) is 0 Å². The van der Waals surface area contributed by atoms with Crippen LogP contribution in [-0.4, -0.2) is 71.8 Å². The second-order valence-electron chi connectivity index (χ2n) is 9.96. The molecule has 0 aliphatic carbocycles. The fourth-order valence-corrected chi connectivity index (χ4v) is 8.59. The van der Waals surface area contributed by atoms with Crippen molar-refractivity contribution >= 4 is 61.6 Å². The summed E-state index contributed by atoms with van der Waals surface area (Å²) in [4.78, 5) is 32.7. The molecule has 1 atom stereocenters. The first kappa shape index (κ1) is 28.3. The Balaban J connectivity index is 1.52. The molecule has 0 spiro atoms. The fourth-order valence-electron chi connectivity index (χ4n) is 5.51. The highest BCUT2D eigenvalue weighted by Crippen LogP contribution is 2.38. The number of anilines is 2. The molecule has 1 aromatic heterocycles. The van der Waals surface area contributed by atoms with Crippen molar-refractivity contribution in [2.24, 2.45) is 0 Å². The van der Waals surface area contributed by atoms with Gasteiger partial charge in [-0.3, -0.25) is 19.1 Å². The highest BCUT2D eigenvalue weighted by molar-refractivity contribution is 8.26. The van der Waals surface area contributed by atoms with Gasteiger partial charge in [0.15, 0.2) is 9.84 Å². The lowest BCUT2D eigenvalue weighted by atomic mass is 10.0. The van der Waals surface area contributed by atoms with E-state index < -0.39 is 15.9 Å². The van der Waals surface area contributed by atoms with Crippen molar-refractivity contribution in [3.8, 4) is 6.07 Å². The molecule has 0 bridgehead atoms. The minimum Gasteiger partial charge on any atom is -0.368 e. The number of halogens is 1. The van der Waals surface area contributed by atoms with Gasteiger partial charge < -0.3 is 9.80 Å². The van der Waals surface area contributed by atoms with E-state index in [1.165, 1.54) is 17.0 Å². The predicted molar refractivity (Wildman–Crippen MR) is 159 cm³/mol. The number of carbonyl (C=O) groups excluding carboxylic acids is 1. The highest BCUT2D eigenvalue weighted by Gasteiger charge is 2.42. The standard InChI is InChI=1S/C27H28FN5O4S3/c1-3-32-24(31-11-9-30(10-12-31)19-6-4-18(28)5-7-19)21(17(2)22(15-29)25(32)34)14-23-26(35)33(27(38)39-23)20-8-13-40(36,37)16-20/h4-7,14,20H,3,8-13,16H2,1-2H3. The van der Waals surface area contributed by atoms with E-state index in [0.717, 1.165) is 17.4 Å². The first-order chi connectivity index (χ1) is 19.0. The maximum Gasteiger partial charge on any atom is 0.270 e. The zero-order valence-electron chi connectivity index (χ0n) is 22.1. The van der Waals surface area contributed by atoms with Gasteiger partial charge in [-0.2, -0.15) is 5.26 Å². The maximum absolute atomic E-state index is 13.5. The number of carbonyl (C=O) groups is 1. The summed E-state index contributed by atoms with van der Waals surface area (Å²) in [6, 6.07) is 7.87. The lowest BCUT2D eigenvalue weighted by molar-refractivity contribution is -0.123. The quantitative estimate of drug-likeness (QED) is 0.378. The molecule has 210 valence electrons. The molecule has 4 heterocycles. The van der Waals surface area contributed by atoms with Crippen LogP contribution in [0.1, 0.15) is 30.0 Å². The summed E-state index contributed by atoms with van der Waals surface area (Å²) in [6.45, 7) is 6.23. The van der Waals surface area contributed by atoms with E-state index in [1.54, 1.807) is 29.7 Å². The largest absolute Gasteiger partial charge is 0.368 e. The van der Waals surface area contributed by atoms with Crippen LogP contribution in [-0.2, 0) is 21.2 Å². The van der Waals surface area contributed by atoms with Crippen molar-refractivity contribution in [2.75, 3.05) is 47.5 Å². The fraction of sp³-hybridized carbons (Fsp3) is 0.407. The molecular formula is C27H28FN5O4S3. The topological polar surface area (TPSA) is 107 Å². The number of rotatable bonds is 5. The number of thioether (sulfide) groups is 1. The van der Waals surface area contributed by atoms with Crippen LogP contribution >= 0.6 is 24.0 Å². The smallest absolute Gasteiger partial charge is 0.270 e. The number of hydrogen-bond donors (Lipinski definition) is 0. The molecule has 3 aliphatic rings. The molecule has 3 aliphatic heterocycles. The van der Waals surface area contributed by atoms with Crippen molar-refractivity contribution in [3.05, 3.63) is 62.0 Å². The van der Waals surface area contributed by atoms with Crippen LogP contribution < -0.4 is 15.4 Å². The maximum atomic E-state index is 13.5. The second kappa shape index (κ2) is 11.0. The van der Waals surface area contributed by atoms with Gasteiger partial charge in [0.1, 0.15) is 27.6 Å². The molecule has 0 saturated carbocycles. The van der Waals surface area contributed by atoms with Gasteiger partial charge in [-0.25, -0.2) is 12.8 Å². The molecule has 1 amide bonds. The third-order valence-electron chi connectivity index (χ3n) is 7.61. The predicted octanol–water partition coefficient (Wildman–Crippen LogP) is 2.90. The SMILES string of the molecule is CCn1c(N2CCN(c3ccc(F)cc3)CC2)c(C=C2SC(=S)N(C3CCS(=O)(=O)C3)C2=O)c(C)c(C#N)c1=O. The minimum atomic E-state index is -3.22. The first-order valence-corrected chi connectivity index (χ1v) is 16.0. The second-order valence-corrected chi connectivity index (χ2v) is 13.9. The van der Waals surface area contributed by atoms with Crippen molar-refractivity contribution in [2.45, 2.75) is 32.9 Å². The number of thiocarbonyl (C=S) groups is 1. The van der Waals surface area contributed by atoms with E-state index in [0.29, 0.717) is 65.3 Å². The Bertz CT molecular complexity index is 1620. The van der Waals surface area contributed by atoms with Crippen LogP contribution in [0.15, 0.2) is 34.0 Å². The lowest BCUT2D eigenvalue weighted by Crippen LogP contribution is -2.48. The summed E-state index contributed by atoms with van der Waals surface area (Å²) in [5.74, 6) is -0.137. The molecule has 5 rings (SSSR count). The van der Waals surface area contributed by atoms with Gasteiger partial charge in [-0.1, -0.05) is 24.0 Å². The number of piperazine rings is 1. The molecule has 0 radical (unpaired) electrons. The number of aromatic nitrogens is 1. The number of nitriles is 1. The summed E-state index contributed by atoms with van der Waals surface area (Å²) < 4.78 is 39.4. The third-order valence-corrected chi connectivity index (χ3v) is 10.7. The van der Waals surface area contributed by atoms with Crippen molar-refractivity contribution in [1.29, 1.82) is 5.26 Å². The van der Waals surface area contributed by atoms with Gasteiger partial charge in [0.05, 0.1) is 22.5 Å². The van der Waals surface area contributed by atoms with Crippen LogP contribution in [0, 0.1) is 24.1 Å². The van der Waals surface area contributed by atoms with Crippen molar-refractivity contribution in [3.63, 3.8) is 0 Å². The molecule has 3 fully saturated rings. The summed E-state index contributed by atoms with van der Waals surface area (Å²) in [5, 5.41) is 9.83. The van der Waals surface area contributed by atoms with Crippen LogP contribution in [0.4, 0.5) is 15.9 Å². The van der Waals surface area contributed by atoms with E-state index in [9.17, 15) is 27.7 Å². The molecular weight excluding hydrogens is 574 g/mol. The summed E-state index contributed by atoms with van der Waals surface area (Å²) in [7, 11) is -3.22. The van der Waals surface area contributed by atoms with Crippen molar-refractivity contribution < 1.29 is 17.6 Å². The molecule has 1 aromatic carbocycles. The number of amides is 1. The van der Waals surface area contributed by atoms with E-state index in [4.69, 9.17) is 12.2 Å². The molecule has 9 nitrogen and oxygen atoms in total. The van der Waals surface area contributed by atoms with E-state index in [2.05, 4.69) is 9.80 Å². The molecule has 3 saturated heterocycles. The Morgan fingerprint density at radius 3 is 2.38 bits per heavy atom. The van der Waals surface area contributed by atoms with Crippen LogP contribution in [0.2, 0.25) is 0 Å². The van der Waals surface area contributed by atoms with Gasteiger partial charge in [-0.05, 0) is 56.2 Å². The minimum absolute atomic E-state index is 0.0131. The Hall–Kier alpha value is -3.21. The summed E-state index contributed by atoms with van der Waals surface area (Å²) in [5.41, 5.74) is 1.59. The summed E-state index contributed by atoms with van der Waals surface area (Å²) in [6.07, 6.45) is 2.02. The molecule has 13 heteroatoms. The van der Waals surface area contributed by atoms with E-state index in [1.807, 2.05) is 13.0 Å². The first-order valence-electron chi connectivity index (χ1n) is 12.9. The van der Waals surface area contributed by atoms with Gasteiger partial charge >= 0.3 is 0 Å². The van der Waals surface area contributed by atoms with E-state index >= 15 is 0 Å². The van der Waals surface area contributed by atoms with Crippen LogP contribution in [0.25, 0.3) is 6.08 Å². The Labute approximate surface area is 241 Å². The number of hydrogen-bond acceptors (Lipinski definition) is 9. The molecule has 1 unspecified atom stereocenters. The summed E-state index contributed by atoms with van der Waals surface area (Å²) >= 11 is 6.59. The Kier molecular flexibility index (Phi) is 7.78. The van der Waals surface area contributed by atoms with Gasteiger partial charge in [0.25, 0.3) is 11.5 Å². The lowest BCUT2D eigenvalue weighted by Gasteiger charge is -2.39. The normalized spacial score (nSPS) is 21.9. The average Bonchev–Trinajstić information content (AvgIpc) is 3.42. The average molecular weight is 602 g/mol. The number of pyridine rings is 1. The van der Waals surface area contributed by atoms with Gasteiger partial charge in [-0.15, -0.1) is 0 Å². The van der Waals surface area contributed by atoms with Gasteiger partial charge in [0.2, 0.25) is 0 Å². The molecule has 0 N–H and O–H groups in total. The number of benzene rings is 1. The Morgan fingerprint density at radius 1 is 1.15 bits per heavy atom. The monoisotopic (exact) mass is 601 g/mol. The number of sulfone groups is 1. The van der Waals surface area contributed by atoms with Gasteiger partial charge in [0, 0.05) is 44.0 Å². The van der Waals surface area contributed by atoms with E-state index in [-0.39, 0.29) is 34.4 Å². The zero-order chi connectivity index (χ0) is 28.8. The Morgan fingerprint density at radius 2 is 1.80 bits per heavy atom. The molecule has 2 aromatic rings. The number of nitrogens with zero attached hydrogens (tertiary/aromatic N) is 5.